The van der Waals surface area contributed by atoms with Crippen molar-refractivity contribution in [3.8, 4) is 17.6 Å². The maximum atomic E-state index is 12.1. The zero-order valence-corrected chi connectivity index (χ0v) is 13.5. The number of aromatic hydroxyl groups is 1. The van der Waals surface area contributed by atoms with Gasteiger partial charge in [0.15, 0.2) is 0 Å². The molecule has 0 aromatic heterocycles. The second-order valence-electron chi connectivity index (χ2n) is 4.66. The van der Waals surface area contributed by atoms with Crippen molar-refractivity contribution >= 4 is 28.9 Å². The third-order valence-corrected chi connectivity index (χ3v) is 3.24. The van der Waals surface area contributed by atoms with Crippen LogP contribution in [0.15, 0.2) is 54.2 Å². The first-order valence-electron chi connectivity index (χ1n) is 6.84. The maximum absolute atomic E-state index is 12.1. The summed E-state index contributed by atoms with van der Waals surface area (Å²) in [5, 5.41) is 24.4. The van der Waals surface area contributed by atoms with E-state index in [2.05, 4.69) is 10.6 Å². The number of phenolic OH excluding ortho intramolecular Hbond substituents is 1. The van der Waals surface area contributed by atoms with Crippen LogP contribution >= 0.6 is 11.6 Å². The highest BCUT2D eigenvalue weighted by atomic mass is 35.5. The molecule has 0 radical (unpaired) electrons. The highest BCUT2D eigenvalue weighted by Gasteiger charge is 2.10. The number of nitriles is 1. The molecule has 6 nitrogen and oxygen atoms in total. The molecule has 3 N–H and O–H groups in total. The predicted octanol–water partition coefficient (Wildman–Crippen LogP) is 3.51. The Hall–Kier alpha value is -3.17. The number of hydrogen-bond donors (Lipinski definition) is 3. The first-order chi connectivity index (χ1) is 11.5. The second kappa shape index (κ2) is 7.90. The number of nitrogens with zero attached hydrogens (tertiary/aromatic N) is 1. The van der Waals surface area contributed by atoms with E-state index < -0.39 is 5.91 Å². The summed E-state index contributed by atoms with van der Waals surface area (Å²) in [5.41, 5.74) is 0.741. The third-order valence-electron chi connectivity index (χ3n) is 3.00. The molecule has 0 aliphatic rings. The lowest BCUT2D eigenvalue weighted by atomic mass is 10.2. The number of benzene rings is 2. The number of carbonyl (C=O) groups is 1. The highest BCUT2D eigenvalue weighted by Crippen LogP contribution is 2.27. The highest BCUT2D eigenvalue weighted by molar-refractivity contribution is 6.31. The predicted molar refractivity (Wildman–Crippen MR) is 92.1 cm³/mol. The zero-order chi connectivity index (χ0) is 17.5. The molecule has 0 unspecified atom stereocenters. The van der Waals surface area contributed by atoms with Gasteiger partial charge in [-0.1, -0.05) is 17.7 Å². The van der Waals surface area contributed by atoms with Gasteiger partial charge in [-0.05, 0) is 30.3 Å². The summed E-state index contributed by atoms with van der Waals surface area (Å²) in [5.74, 6) is -0.0880. The average Bonchev–Trinajstić information content (AvgIpc) is 2.55. The van der Waals surface area contributed by atoms with E-state index in [0.717, 1.165) is 0 Å². The Balaban J connectivity index is 2.16. The van der Waals surface area contributed by atoms with Crippen LogP contribution in [0.1, 0.15) is 0 Å². The van der Waals surface area contributed by atoms with Gasteiger partial charge < -0.3 is 20.5 Å². The van der Waals surface area contributed by atoms with Crippen LogP contribution in [0.3, 0.4) is 0 Å². The molecule has 0 bridgehead atoms. The summed E-state index contributed by atoms with van der Waals surface area (Å²) < 4.78 is 5.17. The van der Waals surface area contributed by atoms with E-state index in [9.17, 15) is 9.90 Å². The van der Waals surface area contributed by atoms with Crippen molar-refractivity contribution in [2.24, 2.45) is 0 Å². The van der Waals surface area contributed by atoms with Crippen LogP contribution in [-0.4, -0.2) is 18.1 Å². The van der Waals surface area contributed by atoms with Crippen molar-refractivity contribution in [3.63, 3.8) is 0 Å². The molecule has 2 aromatic rings. The normalized spacial score (nSPS) is 10.6. The maximum Gasteiger partial charge on any atom is 0.267 e. The van der Waals surface area contributed by atoms with Gasteiger partial charge in [0.2, 0.25) is 0 Å². The molecule has 0 saturated heterocycles. The number of rotatable bonds is 5. The van der Waals surface area contributed by atoms with Crippen molar-refractivity contribution in [3.05, 3.63) is 59.3 Å². The van der Waals surface area contributed by atoms with Crippen LogP contribution < -0.4 is 15.4 Å². The average molecular weight is 344 g/mol. The van der Waals surface area contributed by atoms with Gasteiger partial charge in [0, 0.05) is 23.0 Å². The van der Waals surface area contributed by atoms with Crippen LogP contribution in [0.25, 0.3) is 0 Å². The molecule has 0 aliphatic carbocycles. The van der Waals surface area contributed by atoms with Gasteiger partial charge in [-0.3, -0.25) is 4.79 Å². The van der Waals surface area contributed by atoms with E-state index in [1.807, 2.05) is 6.07 Å². The Morgan fingerprint density at radius 3 is 2.79 bits per heavy atom. The number of anilines is 2. The summed E-state index contributed by atoms with van der Waals surface area (Å²) in [7, 11) is 1.50. The molecular weight excluding hydrogens is 330 g/mol. The molecule has 1 amide bonds. The largest absolute Gasteiger partial charge is 0.508 e. The van der Waals surface area contributed by atoms with Gasteiger partial charge in [0.05, 0.1) is 12.8 Å². The fourth-order valence-corrected chi connectivity index (χ4v) is 2.05. The molecule has 2 aromatic carbocycles. The molecule has 0 spiro atoms. The van der Waals surface area contributed by atoms with Crippen LogP contribution in [-0.2, 0) is 4.79 Å². The van der Waals surface area contributed by atoms with Crippen LogP contribution in [0, 0.1) is 11.3 Å². The quantitative estimate of drug-likeness (QED) is 0.570. The summed E-state index contributed by atoms with van der Waals surface area (Å²) in [6, 6.07) is 12.8. The fraction of sp³-hybridized carbons (Fsp3) is 0.0588. The number of phenols is 1. The Bertz CT molecular complexity index is 828. The van der Waals surface area contributed by atoms with Gasteiger partial charge in [-0.15, -0.1) is 0 Å². The molecule has 24 heavy (non-hydrogen) atoms. The van der Waals surface area contributed by atoms with Crippen molar-refractivity contribution in [1.29, 1.82) is 5.26 Å². The lowest BCUT2D eigenvalue weighted by molar-refractivity contribution is -0.112. The van der Waals surface area contributed by atoms with Crippen LogP contribution in [0.5, 0.6) is 11.5 Å². The second-order valence-corrected chi connectivity index (χ2v) is 5.10. The molecule has 0 fully saturated rings. The van der Waals surface area contributed by atoms with Crippen LogP contribution in [0.4, 0.5) is 11.4 Å². The SMILES string of the molecule is COc1ccc(Cl)cc1N/C=C(/C#N)C(=O)Nc1cccc(O)c1. The molecule has 2 rings (SSSR count). The van der Waals surface area contributed by atoms with Crippen molar-refractivity contribution < 1.29 is 14.6 Å². The number of nitrogens with one attached hydrogen (secondary N) is 2. The molecule has 0 heterocycles. The summed E-state index contributed by atoms with van der Waals surface area (Å²) >= 11 is 5.92. The topological polar surface area (TPSA) is 94.4 Å². The van der Waals surface area contributed by atoms with E-state index in [0.29, 0.717) is 22.1 Å². The minimum Gasteiger partial charge on any atom is -0.508 e. The summed E-state index contributed by atoms with van der Waals surface area (Å²) in [6.07, 6.45) is 1.26. The number of carbonyl (C=O) groups excluding carboxylic acids is 1. The van der Waals surface area contributed by atoms with Gasteiger partial charge in [-0.25, -0.2) is 0 Å². The molecule has 0 saturated carbocycles. The lowest BCUT2D eigenvalue weighted by Gasteiger charge is -2.09. The number of halogens is 1. The lowest BCUT2D eigenvalue weighted by Crippen LogP contribution is -2.14. The molecule has 0 aliphatic heterocycles. The van der Waals surface area contributed by atoms with Crippen molar-refractivity contribution in [2.45, 2.75) is 0 Å². The first-order valence-corrected chi connectivity index (χ1v) is 7.22. The first kappa shape index (κ1) is 17.2. The molecule has 7 heteroatoms. The Labute approximate surface area is 143 Å². The fourth-order valence-electron chi connectivity index (χ4n) is 1.87. The molecular formula is C17H14ClN3O3. The number of methoxy groups -OCH3 is 1. The summed E-state index contributed by atoms with van der Waals surface area (Å²) in [4.78, 5) is 12.1. The molecule has 122 valence electrons. The van der Waals surface area contributed by atoms with Crippen molar-refractivity contribution in [1.82, 2.24) is 0 Å². The number of hydrogen-bond acceptors (Lipinski definition) is 5. The van der Waals surface area contributed by atoms with Gasteiger partial charge in [0.25, 0.3) is 5.91 Å². The standard InChI is InChI=1S/C17H14ClN3O3/c1-24-16-6-5-12(18)7-15(16)20-10-11(9-19)17(23)21-13-3-2-4-14(22)8-13/h2-8,10,20,22H,1H3,(H,21,23)/b11-10-. The van der Waals surface area contributed by atoms with E-state index in [4.69, 9.17) is 21.6 Å². The Kier molecular flexibility index (Phi) is 5.66. The van der Waals surface area contributed by atoms with Gasteiger partial charge in [-0.2, -0.15) is 5.26 Å². The van der Waals surface area contributed by atoms with Crippen LogP contribution in [0.2, 0.25) is 5.02 Å². The monoisotopic (exact) mass is 343 g/mol. The smallest absolute Gasteiger partial charge is 0.267 e. The van der Waals surface area contributed by atoms with E-state index >= 15 is 0 Å². The number of amides is 1. The van der Waals surface area contributed by atoms with E-state index in [-0.39, 0.29) is 11.3 Å². The van der Waals surface area contributed by atoms with Gasteiger partial charge in [0.1, 0.15) is 23.1 Å². The van der Waals surface area contributed by atoms with E-state index in [1.165, 1.54) is 25.4 Å². The Morgan fingerprint density at radius 1 is 1.33 bits per heavy atom. The molecule has 0 atom stereocenters. The summed E-state index contributed by atoms with van der Waals surface area (Å²) in [6.45, 7) is 0. The minimum absolute atomic E-state index is 0.0112. The number of ether oxygens (including phenoxy) is 1. The Morgan fingerprint density at radius 2 is 2.12 bits per heavy atom. The van der Waals surface area contributed by atoms with Gasteiger partial charge >= 0.3 is 0 Å². The zero-order valence-electron chi connectivity index (χ0n) is 12.7. The minimum atomic E-state index is -0.614. The van der Waals surface area contributed by atoms with E-state index in [1.54, 1.807) is 30.3 Å². The third kappa shape index (κ3) is 4.41. The van der Waals surface area contributed by atoms with Crippen molar-refractivity contribution in [2.75, 3.05) is 17.7 Å².